The molecule has 0 aliphatic carbocycles. The van der Waals surface area contributed by atoms with E-state index in [2.05, 4.69) is 5.32 Å². The normalized spacial score (nSPS) is 15.3. The van der Waals surface area contributed by atoms with Crippen LogP contribution in [0.5, 0.6) is 0 Å². The summed E-state index contributed by atoms with van der Waals surface area (Å²) in [7, 11) is 0. The van der Waals surface area contributed by atoms with E-state index in [4.69, 9.17) is 5.73 Å². The van der Waals surface area contributed by atoms with Crippen molar-refractivity contribution in [2.75, 3.05) is 6.54 Å². The van der Waals surface area contributed by atoms with Gasteiger partial charge in [0.1, 0.15) is 0 Å². The standard InChI is InChI=1S/C10H22N2O2/c1-4-8(13)5-6-12-10(14)9(11)7(2)3/h7-9,13H,4-6,11H2,1-3H3,(H,12,14)/t8?,9-/m0/s1. The van der Waals surface area contributed by atoms with Crippen molar-refractivity contribution in [2.45, 2.75) is 45.8 Å². The summed E-state index contributed by atoms with van der Waals surface area (Å²) in [6.45, 7) is 6.22. The molecule has 0 aliphatic rings. The summed E-state index contributed by atoms with van der Waals surface area (Å²) < 4.78 is 0. The van der Waals surface area contributed by atoms with E-state index in [-0.39, 0.29) is 17.9 Å². The molecule has 0 spiro atoms. The van der Waals surface area contributed by atoms with Crippen molar-refractivity contribution >= 4 is 5.91 Å². The lowest BCUT2D eigenvalue weighted by Crippen LogP contribution is -2.44. The minimum atomic E-state index is -0.450. The zero-order chi connectivity index (χ0) is 11.1. The van der Waals surface area contributed by atoms with Crippen LogP contribution in [0.25, 0.3) is 0 Å². The van der Waals surface area contributed by atoms with Gasteiger partial charge in [-0.15, -0.1) is 0 Å². The molecule has 0 saturated heterocycles. The Bertz CT molecular complexity index is 172. The molecule has 4 heteroatoms. The zero-order valence-electron chi connectivity index (χ0n) is 9.29. The number of rotatable bonds is 6. The highest BCUT2D eigenvalue weighted by Gasteiger charge is 2.16. The lowest BCUT2D eigenvalue weighted by atomic mass is 10.1. The van der Waals surface area contributed by atoms with Gasteiger partial charge in [0.05, 0.1) is 12.1 Å². The summed E-state index contributed by atoms with van der Waals surface area (Å²) in [5, 5.41) is 11.9. The minimum Gasteiger partial charge on any atom is -0.393 e. The molecule has 0 aromatic heterocycles. The summed E-state index contributed by atoms with van der Waals surface area (Å²) in [4.78, 5) is 11.3. The molecule has 0 heterocycles. The minimum absolute atomic E-state index is 0.136. The van der Waals surface area contributed by atoms with Crippen LogP contribution in [0.3, 0.4) is 0 Å². The first kappa shape index (κ1) is 13.4. The van der Waals surface area contributed by atoms with Crippen molar-refractivity contribution in [1.82, 2.24) is 5.32 Å². The van der Waals surface area contributed by atoms with Gasteiger partial charge in [-0.05, 0) is 18.8 Å². The molecule has 0 aromatic carbocycles. The van der Waals surface area contributed by atoms with Gasteiger partial charge in [0.25, 0.3) is 0 Å². The van der Waals surface area contributed by atoms with Gasteiger partial charge in [-0.1, -0.05) is 20.8 Å². The van der Waals surface area contributed by atoms with Crippen LogP contribution in [0.1, 0.15) is 33.6 Å². The quantitative estimate of drug-likeness (QED) is 0.578. The first-order chi connectivity index (χ1) is 6.49. The molecular formula is C10H22N2O2. The number of hydrogen-bond donors (Lipinski definition) is 3. The molecule has 84 valence electrons. The molecular weight excluding hydrogens is 180 g/mol. The molecule has 14 heavy (non-hydrogen) atoms. The Balaban J connectivity index is 3.64. The van der Waals surface area contributed by atoms with E-state index in [0.717, 1.165) is 0 Å². The number of hydrogen-bond acceptors (Lipinski definition) is 3. The largest absolute Gasteiger partial charge is 0.393 e. The number of nitrogens with one attached hydrogen (secondary N) is 1. The van der Waals surface area contributed by atoms with Gasteiger partial charge in [-0.25, -0.2) is 0 Å². The molecule has 1 unspecified atom stereocenters. The van der Waals surface area contributed by atoms with Crippen molar-refractivity contribution in [3.8, 4) is 0 Å². The summed E-state index contributed by atoms with van der Waals surface area (Å²) in [5.41, 5.74) is 5.63. The highest BCUT2D eigenvalue weighted by atomic mass is 16.3. The molecule has 0 aliphatic heterocycles. The van der Waals surface area contributed by atoms with Gasteiger partial charge in [0.2, 0.25) is 5.91 Å². The Kier molecular flexibility index (Phi) is 6.49. The molecule has 0 saturated carbocycles. The topological polar surface area (TPSA) is 75.3 Å². The lowest BCUT2D eigenvalue weighted by molar-refractivity contribution is -0.123. The van der Waals surface area contributed by atoms with E-state index in [1.54, 1.807) is 0 Å². The Morgan fingerprint density at radius 3 is 2.50 bits per heavy atom. The van der Waals surface area contributed by atoms with Crippen molar-refractivity contribution in [3.63, 3.8) is 0 Å². The summed E-state index contributed by atoms with van der Waals surface area (Å²) >= 11 is 0. The van der Waals surface area contributed by atoms with Crippen LogP contribution in [0.15, 0.2) is 0 Å². The van der Waals surface area contributed by atoms with E-state index >= 15 is 0 Å². The van der Waals surface area contributed by atoms with Crippen LogP contribution in [-0.4, -0.2) is 29.7 Å². The van der Waals surface area contributed by atoms with Crippen LogP contribution in [-0.2, 0) is 4.79 Å². The van der Waals surface area contributed by atoms with Crippen LogP contribution in [0.2, 0.25) is 0 Å². The molecule has 0 fully saturated rings. The van der Waals surface area contributed by atoms with Crippen LogP contribution in [0.4, 0.5) is 0 Å². The number of nitrogens with two attached hydrogens (primary N) is 1. The maximum atomic E-state index is 11.3. The Labute approximate surface area is 85.9 Å². The first-order valence-corrected chi connectivity index (χ1v) is 5.20. The van der Waals surface area contributed by atoms with Gasteiger partial charge >= 0.3 is 0 Å². The summed E-state index contributed by atoms with van der Waals surface area (Å²) in [6.07, 6.45) is 0.977. The molecule has 0 aromatic rings. The van der Waals surface area contributed by atoms with Crippen LogP contribution < -0.4 is 11.1 Å². The van der Waals surface area contributed by atoms with Crippen molar-refractivity contribution in [3.05, 3.63) is 0 Å². The van der Waals surface area contributed by atoms with Crippen molar-refractivity contribution < 1.29 is 9.90 Å². The zero-order valence-corrected chi connectivity index (χ0v) is 9.29. The Hall–Kier alpha value is -0.610. The molecule has 4 nitrogen and oxygen atoms in total. The van der Waals surface area contributed by atoms with Gasteiger partial charge in [-0.3, -0.25) is 4.79 Å². The number of aliphatic hydroxyl groups is 1. The van der Waals surface area contributed by atoms with E-state index in [9.17, 15) is 9.90 Å². The Morgan fingerprint density at radius 1 is 1.50 bits per heavy atom. The monoisotopic (exact) mass is 202 g/mol. The highest BCUT2D eigenvalue weighted by molar-refractivity contribution is 5.81. The SMILES string of the molecule is CCC(O)CCNC(=O)[C@@H](N)C(C)C. The number of carbonyl (C=O) groups is 1. The summed E-state index contributed by atoms with van der Waals surface area (Å²) in [5.74, 6) is 0.00871. The van der Waals surface area contributed by atoms with Gasteiger partial charge in [0, 0.05) is 6.54 Å². The fraction of sp³-hybridized carbons (Fsp3) is 0.900. The van der Waals surface area contributed by atoms with Gasteiger partial charge in [-0.2, -0.15) is 0 Å². The van der Waals surface area contributed by atoms with Crippen molar-refractivity contribution in [2.24, 2.45) is 11.7 Å². The average Bonchev–Trinajstić information content (AvgIpc) is 2.15. The maximum Gasteiger partial charge on any atom is 0.237 e. The van der Waals surface area contributed by atoms with Crippen LogP contribution in [0, 0.1) is 5.92 Å². The lowest BCUT2D eigenvalue weighted by Gasteiger charge is -2.16. The highest BCUT2D eigenvalue weighted by Crippen LogP contribution is 1.98. The third-order valence-corrected chi connectivity index (χ3v) is 2.27. The van der Waals surface area contributed by atoms with Crippen LogP contribution >= 0.6 is 0 Å². The molecule has 0 radical (unpaired) electrons. The first-order valence-electron chi connectivity index (χ1n) is 5.20. The molecule has 0 rings (SSSR count). The fourth-order valence-corrected chi connectivity index (χ4v) is 0.987. The van der Waals surface area contributed by atoms with Crippen molar-refractivity contribution in [1.29, 1.82) is 0 Å². The maximum absolute atomic E-state index is 11.3. The van der Waals surface area contributed by atoms with E-state index in [1.165, 1.54) is 0 Å². The predicted octanol–water partition coefficient (Wildman–Crippen LogP) is 0.247. The second-order valence-electron chi connectivity index (χ2n) is 3.91. The van der Waals surface area contributed by atoms with Gasteiger partial charge < -0.3 is 16.2 Å². The smallest absolute Gasteiger partial charge is 0.237 e. The van der Waals surface area contributed by atoms with E-state index in [0.29, 0.717) is 19.4 Å². The average molecular weight is 202 g/mol. The third-order valence-electron chi connectivity index (χ3n) is 2.27. The fourth-order valence-electron chi connectivity index (χ4n) is 0.987. The summed E-state index contributed by atoms with van der Waals surface area (Å²) in [6, 6.07) is -0.450. The molecule has 2 atom stereocenters. The predicted molar refractivity (Wildman–Crippen MR) is 56.7 cm³/mol. The second kappa shape index (κ2) is 6.79. The Morgan fingerprint density at radius 2 is 2.07 bits per heavy atom. The molecule has 4 N–H and O–H groups in total. The number of carbonyl (C=O) groups excluding carboxylic acids is 1. The number of amides is 1. The van der Waals surface area contributed by atoms with Gasteiger partial charge in [0.15, 0.2) is 0 Å². The molecule has 0 bridgehead atoms. The third kappa shape index (κ3) is 5.19. The van der Waals surface area contributed by atoms with E-state index < -0.39 is 6.04 Å². The van der Waals surface area contributed by atoms with E-state index in [1.807, 2.05) is 20.8 Å². The second-order valence-corrected chi connectivity index (χ2v) is 3.91. The molecule has 1 amide bonds. The number of aliphatic hydroxyl groups excluding tert-OH is 1.